The number of hydrogen-bond donors (Lipinski definition) is 1. The second-order valence-electron chi connectivity index (χ2n) is 6.71. The predicted molar refractivity (Wildman–Crippen MR) is 126 cm³/mol. The van der Waals surface area contributed by atoms with Crippen molar-refractivity contribution in [2.24, 2.45) is 5.10 Å². The highest BCUT2D eigenvalue weighted by Crippen LogP contribution is 2.29. The molecule has 0 aliphatic heterocycles. The maximum absolute atomic E-state index is 12.5. The van der Waals surface area contributed by atoms with E-state index in [-0.39, 0.29) is 5.69 Å². The van der Waals surface area contributed by atoms with Gasteiger partial charge < -0.3 is 4.74 Å². The molecule has 0 radical (unpaired) electrons. The molecule has 7 nitrogen and oxygen atoms in total. The second-order valence-corrected chi connectivity index (χ2v) is 8.20. The van der Waals surface area contributed by atoms with Crippen LogP contribution in [0.4, 0.5) is 5.69 Å². The zero-order valence-corrected chi connectivity index (χ0v) is 18.1. The molecule has 0 aliphatic carbocycles. The van der Waals surface area contributed by atoms with E-state index < -0.39 is 10.8 Å². The Balaban J connectivity index is 1.44. The monoisotopic (exact) mass is 465 g/mol. The number of para-hydroxylation sites is 1. The molecule has 1 heterocycles. The molecule has 3 aromatic carbocycles. The van der Waals surface area contributed by atoms with Crippen LogP contribution in [0.1, 0.15) is 20.8 Å². The number of nitrogens with one attached hydrogen (secondary N) is 1. The van der Waals surface area contributed by atoms with Gasteiger partial charge in [-0.1, -0.05) is 41.9 Å². The number of hydrazone groups is 1. The first-order valence-corrected chi connectivity index (χ1v) is 10.7. The van der Waals surface area contributed by atoms with Gasteiger partial charge in [0, 0.05) is 38.4 Å². The van der Waals surface area contributed by atoms with Crippen molar-refractivity contribution in [3.63, 3.8) is 0 Å². The number of nitro groups is 1. The number of benzene rings is 3. The molecule has 0 bridgehead atoms. The van der Waals surface area contributed by atoms with Gasteiger partial charge in [0.05, 0.1) is 16.0 Å². The van der Waals surface area contributed by atoms with Crippen LogP contribution in [0.3, 0.4) is 0 Å². The van der Waals surface area contributed by atoms with E-state index >= 15 is 0 Å². The van der Waals surface area contributed by atoms with Gasteiger partial charge in [0.25, 0.3) is 11.6 Å². The van der Waals surface area contributed by atoms with E-state index in [1.165, 1.54) is 29.7 Å². The Kier molecular flexibility index (Phi) is 6.44. The van der Waals surface area contributed by atoms with Crippen LogP contribution in [-0.2, 0) is 6.61 Å². The minimum atomic E-state index is -0.466. The first kappa shape index (κ1) is 21.5. The highest BCUT2D eigenvalue weighted by Gasteiger charge is 2.13. The maximum Gasteiger partial charge on any atom is 0.281 e. The number of ether oxygens (including phenoxy) is 1. The fourth-order valence-electron chi connectivity index (χ4n) is 2.96. The van der Waals surface area contributed by atoms with E-state index in [2.05, 4.69) is 10.5 Å². The molecule has 1 N–H and O–H groups in total. The van der Waals surface area contributed by atoms with Gasteiger partial charge in [-0.15, -0.1) is 11.3 Å². The number of hydrogen-bond acceptors (Lipinski definition) is 6. The van der Waals surface area contributed by atoms with Crippen molar-refractivity contribution < 1.29 is 14.5 Å². The first-order chi connectivity index (χ1) is 15.5. The van der Waals surface area contributed by atoms with Crippen molar-refractivity contribution in [2.75, 3.05) is 0 Å². The van der Waals surface area contributed by atoms with E-state index in [1.807, 2.05) is 36.4 Å². The summed E-state index contributed by atoms with van der Waals surface area (Å²) in [5.74, 6) is 0.194. The smallest absolute Gasteiger partial charge is 0.281 e. The number of non-ortho nitro benzene ring substituents is 1. The third-order valence-electron chi connectivity index (χ3n) is 4.56. The lowest BCUT2D eigenvalue weighted by atomic mass is 10.2. The van der Waals surface area contributed by atoms with Crippen LogP contribution >= 0.6 is 22.9 Å². The Morgan fingerprint density at radius 1 is 1.12 bits per heavy atom. The van der Waals surface area contributed by atoms with Crippen molar-refractivity contribution in [3.05, 3.63) is 104 Å². The number of amides is 1. The van der Waals surface area contributed by atoms with Gasteiger partial charge in [-0.25, -0.2) is 5.43 Å². The van der Waals surface area contributed by atoms with Crippen LogP contribution in [0.15, 0.2) is 77.9 Å². The summed E-state index contributed by atoms with van der Waals surface area (Å²) in [5.41, 5.74) is 4.01. The number of thiophene rings is 1. The summed E-state index contributed by atoms with van der Waals surface area (Å²) in [4.78, 5) is 23.3. The van der Waals surface area contributed by atoms with Crippen molar-refractivity contribution in [3.8, 4) is 5.75 Å². The van der Waals surface area contributed by atoms with Crippen LogP contribution in [0, 0.1) is 10.1 Å². The van der Waals surface area contributed by atoms with Crippen LogP contribution < -0.4 is 10.2 Å². The van der Waals surface area contributed by atoms with E-state index in [1.54, 1.807) is 24.3 Å². The van der Waals surface area contributed by atoms with Crippen LogP contribution in [-0.4, -0.2) is 17.0 Å². The molecule has 0 saturated carbocycles. The average molecular weight is 466 g/mol. The number of nitro benzene ring substituents is 1. The summed E-state index contributed by atoms with van der Waals surface area (Å²) in [6.45, 7) is 0.296. The molecular weight excluding hydrogens is 450 g/mol. The van der Waals surface area contributed by atoms with Gasteiger partial charge in [0.2, 0.25) is 0 Å². The van der Waals surface area contributed by atoms with Gasteiger partial charge in [0.15, 0.2) is 0 Å². The minimum absolute atomic E-state index is 0.0197. The molecule has 1 amide bonds. The normalized spacial score (nSPS) is 11.0. The van der Waals surface area contributed by atoms with Crippen molar-refractivity contribution in [1.82, 2.24) is 5.43 Å². The molecule has 0 aliphatic rings. The maximum atomic E-state index is 12.5. The molecular formula is C23H16ClN3O4S. The lowest BCUT2D eigenvalue weighted by Crippen LogP contribution is -2.16. The summed E-state index contributed by atoms with van der Waals surface area (Å²) >= 11 is 7.41. The highest BCUT2D eigenvalue weighted by atomic mass is 35.5. The van der Waals surface area contributed by atoms with Crippen molar-refractivity contribution in [2.45, 2.75) is 6.61 Å². The Bertz CT molecular complexity index is 1340. The predicted octanol–water partition coefficient (Wildman–Crippen LogP) is 5.81. The highest BCUT2D eigenvalue weighted by molar-refractivity contribution is 7.20. The molecule has 0 saturated heterocycles. The average Bonchev–Trinajstić information content (AvgIpc) is 3.23. The molecule has 1 aromatic heterocycles. The fraction of sp³-hybridized carbons (Fsp3) is 0.0435. The van der Waals surface area contributed by atoms with Gasteiger partial charge >= 0.3 is 0 Å². The number of halogens is 1. The third kappa shape index (κ3) is 4.93. The number of rotatable bonds is 7. The molecule has 0 atom stereocenters. The molecule has 0 fully saturated rings. The lowest BCUT2D eigenvalue weighted by Gasteiger charge is -2.10. The summed E-state index contributed by atoms with van der Waals surface area (Å²) in [7, 11) is 0. The summed E-state index contributed by atoms with van der Waals surface area (Å²) < 4.78 is 6.66. The van der Waals surface area contributed by atoms with Crippen molar-refractivity contribution in [1.29, 1.82) is 0 Å². The quantitative estimate of drug-likeness (QED) is 0.212. The Hall–Kier alpha value is -3.75. The zero-order chi connectivity index (χ0) is 22.5. The Labute approximate surface area is 192 Å². The molecule has 0 unspecified atom stereocenters. The van der Waals surface area contributed by atoms with Gasteiger partial charge in [-0.2, -0.15) is 5.10 Å². The number of carbonyl (C=O) groups excluding carboxylic acids is 1. The summed E-state index contributed by atoms with van der Waals surface area (Å²) in [6, 6.07) is 20.8. The number of fused-ring (bicyclic) bond motifs is 1. The largest absolute Gasteiger partial charge is 0.488 e. The van der Waals surface area contributed by atoms with Gasteiger partial charge in [-0.3, -0.25) is 14.9 Å². The number of carbonyl (C=O) groups is 1. The Morgan fingerprint density at radius 2 is 1.91 bits per heavy atom. The summed E-state index contributed by atoms with van der Waals surface area (Å²) in [5, 5.41) is 16.2. The first-order valence-electron chi connectivity index (χ1n) is 9.48. The summed E-state index contributed by atoms with van der Waals surface area (Å²) in [6.07, 6.45) is 1.50. The molecule has 9 heteroatoms. The zero-order valence-electron chi connectivity index (χ0n) is 16.5. The van der Waals surface area contributed by atoms with Crippen LogP contribution in [0.2, 0.25) is 5.02 Å². The SMILES string of the molecule is O=C(N/N=C\c1ccccc1OCc1ccccc1Cl)c1cc2cc([N+](=O)[O-])ccc2s1. The molecule has 4 aromatic rings. The van der Waals surface area contributed by atoms with Gasteiger partial charge in [0.1, 0.15) is 12.4 Å². The van der Waals surface area contributed by atoms with Gasteiger partial charge in [-0.05, 0) is 30.3 Å². The number of nitrogens with zero attached hydrogens (tertiary/aromatic N) is 2. The second kappa shape index (κ2) is 9.59. The van der Waals surface area contributed by atoms with Crippen LogP contribution in [0.25, 0.3) is 10.1 Å². The van der Waals surface area contributed by atoms with Crippen molar-refractivity contribution >= 4 is 50.8 Å². The lowest BCUT2D eigenvalue weighted by molar-refractivity contribution is -0.384. The molecule has 160 valence electrons. The van der Waals surface area contributed by atoms with E-state index in [0.717, 1.165) is 10.3 Å². The topological polar surface area (TPSA) is 93.8 Å². The van der Waals surface area contributed by atoms with E-state index in [9.17, 15) is 14.9 Å². The van der Waals surface area contributed by atoms with E-state index in [4.69, 9.17) is 16.3 Å². The third-order valence-corrected chi connectivity index (χ3v) is 6.05. The fourth-order valence-corrected chi connectivity index (χ4v) is 4.08. The standard InChI is InChI=1S/C23H16ClN3O4S/c24-19-7-3-1-6-16(19)14-31-20-8-4-2-5-15(20)13-25-26-23(28)22-12-17-11-18(27(29)30)9-10-21(17)32-22/h1-13H,14H2,(H,26,28)/b25-13-. The molecule has 0 spiro atoms. The minimum Gasteiger partial charge on any atom is -0.488 e. The molecule has 32 heavy (non-hydrogen) atoms. The Morgan fingerprint density at radius 3 is 2.72 bits per heavy atom. The molecule has 4 rings (SSSR count). The van der Waals surface area contributed by atoms with E-state index in [0.29, 0.717) is 33.2 Å². The van der Waals surface area contributed by atoms with Crippen LogP contribution in [0.5, 0.6) is 5.75 Å².